The smallest absolute Gasteiger partial charge is 0.310 e. The highest BCUT2D eigenvalue weighted by atomic mass is 32.2. The van der Waals surface area contributed by atoms with Crippen molar-refractivity contribution >= 4 is 29.7 Å². The Balaban J connectivity index is 1.31. The molecule has 0 saturated carbocycles. The van der Waals surface area contributed by atoms with Crippen LogP contribution in [0.15, 0.2) is 48.5 Å². The molecule has 0 bridgehead atoms. The Morgan fingerprint density at radius 1 is 0.708 bits per heavy atom. The summed E-state index contributed by atoms with van der Waals surface area (Å²) in [4.78, 5) is 38.3. The van der Waals surface area contributed by atoms with Crippen LogP contribution in [0.5, 0.6) is 0 Å². The zero-order valence-electron chi connectivity index (χ0n) is 30.1. The van der Waals surface area contributed by atoms with Crippen molar-refractivity contribution in [3.63, 3.8) is 0 Å². The summed E-state index contributed by atoms with van der Waals surface area (Å²) >= 11 is 1.49. The highest BCUT2D eigenvalue weighted by Gasteiger charge is 2.31. The van der Waals surface area contributed by atoms with Gasteiger partial charge in [0.25, 0.3) is 0 Å². The zero-order valence-corrected chi connectivity index (χ0v) is 30.9. The van der Waals surface area contributed by atoms with Gasteiger partial charge in [-0.1, -0.05) is 133 Å². The van der Waals surface area contributed by atoms with Gasteiger partial charge in [-0.15, -0.1) is 0 Å². The Bertz CT molecular complexity index is 1210. The molecule has 6 nitrogen and oxygen atoms in total. The van der Waals surface area contributed by atoms with E-state index < -0.39 is 23.5 Å². The number of unbranched alkanes of at least 4 members (excludes halogenated alkanes) is 12. The molecule has 0 unspecified atom stereocenters. The summed E-state index contributed by atoms with van der Waals surface area (Å²) in [5.74, 6) is -0.748. The molecule has 0 spiro atoms. The quantitative estimate of drug-likeness (QED) is 0.0620. The fraction of sp³-hybridized carbons (Fsp3) is 0.634. The number of rotatable bonds is 24. The van der Waals surface area contributed by atoms with E-state index in [-0.39, 0.29) is 31.5 Å². The minimum Gasteiger partial charge on any atom is -0.465 e. The molecule has 0 radical (unpaired) electrons. The number of fused-ring (bicyclic) bond motifs is 3. The lowest BCUT2D eigenvalue weighted by Crippen LogP contribution is -2.31. The van der Waals surface area contributed by atoms with Gasteiger partial charge in [-0.25, -0.2) is 0 Å². The number of esters is 3. The van der Waals surface area contributed by atoms with Gasteiger partial charge in [-0.2, -0.15) is 11.8 Å². The van der Waals surface area contributed by atoms with Gasteiger partial charge < -0.3 is 14.2 Å². The Morgan fingerprint density at radius 3 is 1.77 bits per heavy atom. The van der Waals surface area contributed by atoms with Gasteiger partial charge in [0.05, 0.1) is 12.3 Å². The summed E-state index contributed by atoms with van der Waals surface area (Å²) in [5.41, 5.74) is 3.97. The summed E-state index contributed by atoms with van der Waals surface area (Å²) in [6.45, 7) is 8.22. The maximum atomic E-state index is 13.0. The van der Waals surface area contributed by atoms with Gasteiger partial charge in [0, 0.05) is 23.8 Å². The fourth-order valence-electron chi connectivity index (χ4n) is 6.27. The standard InChI is InChI=1S/C41H60O6S/c1-5-6-7-8-9-10-11-12-13-14-15-16-17-26-38(42)45-27-28-48-31-32(40(44)47-41(2,3)4)29-39(43)46-30-37-35-24-20-18-22-33(35)34-23-19-21-25-36(34)37/h18-25,32,37H,5-17,26-31H2,1-4H3/t32-/m0/s1. The first-order valence-corrected chi connectivity index (χ1v) is 19.6. The first-order chi connectivity index (χ1) is 23.2. The van der Waals surface area contributed by atoms with Crippen molar-refractivity contribution in [3.05, 3.63) is 59.7 Å². The van der Waals surface area contributed by atoms with Crippen molar-refractivity contribution in [2.24, 2.45) is 5.92 Å². The summed E-state index contributed by atoms with van der Waals surface area (Å²) in [6, 6.07) is 16.4. The maximum absolute atomic E-state index is 13.0. The third kappa shape index (κ3) is 14.8. The summed E-state index contributed by atoms with van der Waals surface area (Å²) < 4.78 is 16.9. The molecule has 0 aliphatic heterocycles. The fourth-order valence-corrected chi connectivity index (χ4v) is 7.18. The minimum absolute atomic E-state index is 0.0369. The third-order valence-electron chi connectivity index (χ3n) is 8.82. The van der Waals surface area contributed by atoms with E-state index in [4.69, 9.17) is 14.2 Å². The lowest BCUT2D eigenvalue weighted by molar-refractivity contribution is -0.163. The molecule has 0 N–H and O–H groups in total. The Labute approximate surface area is 294 Å². The van der Waals surface area contributed by atoms with E-state index in [0.717, 1.165) is 24.0 Å². The molecular formula is C41H60O6S. The van der Waals surface area contributed by atoms with Crippen LogP contribution in [0.4, 0.5) is 0 Å². The number of ether oxygens (including phenoxy) is 3. The normalized spacial score (nSPS) is 13.1. The Kier molecular flexibility index (Phi) is 18.2. The van der Waals surface area contributed by atoms with Crippen molar-refractivity contribution in [1.82, 2.24) is 0 Å². The SMILES string of the molecule is CCCCCCCCCCCCCCCC(=O)OCCSC[C@H](CC(=O)OCC1c2ccccc2-c2ccccc21)C(=O)OC(C)(C)C. The van der Waals surface area contributed by atoms with Gasteiger partial charge in [0.2, 0.25) is 0 Å². The average Bonchev–Trinajstić information content (AvgIpc) is 3.38. The summed E-state index contributed by atoms with van der Waals surface area (Å²) in [7, 11) is 0. The third-order valence-corrected chi connectivity index (χ3v) is 9.91. The molecule has 266 valence electrons. The lowest BCUT2D eigenvalue weighted by Gasteiger charge is -2.24. The van der Waals surface area contributed by atoms with E-state index in [1.54, 1.807) is 0 Å². The van der Waals surface area contributed by atoms with Crippen LogP contribution in [0.25, 0.3) is 11.1 Å². The molecule has 7 heteroatoms. The molecule has 48 heavy (non-hydrogen) atoms. The summed E-state index contributed by atoms with van der Waals surface area (Å²) in [5, 5.41) is 0. The second kappa shape index (κ2) is 22.0. The number of hydrogen-bond acceptors (Lipinski definition) is 7. The molecular weight excluding hydrogens is 621 g/mol. The number of thioether (sulfide) groups is 1. The molecule has 2 aromatic carbocycles. The van der Waals surface area contributed by atoms with Crippen LogP contribution < -0.4 is 0 Å². The van der Waals surface area contributed by atoms with Gasteiger partial charge >= 0.3 is 17.9 Å². The van der Waals surface area contributed by atoms with Crippen molar-refractivity contribution < 1.29 is 28.6 Å². The molecule has 0 heterocycles. The number of carbonyl (C=O) groups is 3. The monoisotopic (exact) mass is 680 g/mol. The molecule has 2 aromatic rings. The number of carbonyl (C=O) groups excluding carboxylic acids is 3. The number of benzene rings is 2. The van der Waals surface area contributed by atoms with Crippen LogP contribution >= 0.6 is 11.8 Å². The van der Waals surface area contributed by atoms with E-state index in [9.17, 15) is 14.4 Å². The molecule has 0 saturated heterocycles. The van der Waals surface area contributed by atoms with Crippen LogP contribution in [0.1, 0.15) is 141 Å². The topological polar surface area (TPSA) is 78.9 Å². The predicted octanol–water partition coefficient (Wildman–Crippen LogP) is 10.4. The predicted molar refractivity (Wildman–Crippen MR) is 197 cm³/mol. The van der Waals surface area contributed by atoms with Crippen molar-refractivity contribution in [3.8, 4) is 11.1 Å². The zero-order chi connectivity index (χ0) is 34.6. The van der Waals surface area contributed by atoms with E-state index in [0.29, 0.717) is 17.9 Å². The Morgan fingerprint density at radius 2 is 1.23 bits per heavy atom. The van der Waals surface area contributed by atoms with Gasteiger partial charge in [0.1, 0.15) is 18.8 Å². The van der Waals surface area contributed by atoms with E-state index in [2.05, 4.69) is 31.2 Å². The average molecular weight is 681 g/mol. The second-order valence-corrected chi connectivity index (χ2v) is 15.3. The highest BCUT2D eigenvalue weighted by Crippen LogP contribution is 2.44. The first kappa shape index (κ1) is 39.6. The van der Waals surface area contributed by atoms with Crippen LogP contribution in [-0.2, 0) is 28.6 Å². The van der Waals surface area contributed by atoms with Crippen molar-refractivity contribution in [2.75, 3.05) is 24.7 Å². The molecule has 1 atom stereocenters. The van der Waals surface area contributed by atoms with Crippen LogP contribution in [-0.4, -0.2) is 48.2 Å². The summed E-state index contributed by atoms with van der Waals surface area (Å²) in [6.07, 6.45) is 16.9. The van der Waals surface area contributed by atoms with Gasteiger partial charge in [0.15, 0.2) is 0 Å². The van der Waals surface area contributed by atoms with Crippen LogP contribution in [0, 0.1) is 5.92 Å². The molecule has 1 aliphatic rings. The first-order valence-electron chi connectivity index (χ1n) is 18.5. The van der Waals surface area contributed by atoms with Gasteiger partial charge in [-0.3, -0.25) is 14.4 Å². The molecule has 0 amide bonds. The van der Waals surface area contributed by atoms with Gasteiger partial charge in [-0.05, 0) is 49.4 Å². The highest BCUT2D eigenvalue weighted by molar-refractivity contribution is 7.99. The van der Waals surface area contributed by atoms with Crippen molar-refractivity contribution in [2.45, 2.75) is 136 Å². The lowest BCUT2D eigenvalue weighted by atomic mass is 9.98. The number of hydrogen-bond donors (Lipinski definition) is 0. The second-order valence-electron chi connectivity index (χ2n) is 14.1. The largest absolute Gasteiger partial charge is 0.465 e. The van der Waals surface area contributed by atoms with Crippen LogP contribution in [0.3, 0.4) is 0 Å². The molecule has 0 fully saturated rings. The van der Waals surface area contributed by atoms with Crippen LogP contribution in [0.2, 0.25) is 0 Å². The maximum Gasteiger partial charge on any atom is 0.310 e. The minimum atomic E-state index is -0.662. The van der Waals surface area contributed by atoms with E-state index >= 15 is 0 Å². The van der Waals surface area contributed by atoms with Crippen molar-refractivity contribution in [1.29, 1.82) is 0 Å². The van der Waals surface area contributed by atoms with E-state index in [1.807, 2.05) is 45.0 Å². The molecule has 0 aromatic heterocycles. The molecule has 1 aliphatic carbocycles. The Hall–Kier alpha value is -2.80. The molecule has 3 rings (SSSR count). The van der Waals surface area contributed by atoms with E-state index in [1.165, 1.54) is 93.5 Å².